The first-order valence-corrected chi connectivity index (χ1v) is 5.76. The summed E-state index contributed by atoms with van der Waals surface area (Å²) in [7, 11) is 0. The van der Waals surface area contributed by atoms with Crippen molar-refractivity contribution in [2.75, 3.05) is 13.2 Å². The Balaban J connectivity index is 1.91. The molecule has 2 rings (SSSR count). The van der Waals surface area contributed by atoms with Crippen molar-refractivity contribution < 1.29 is 4.74 Å². The Bertz CT molecular complexity index is 164. The lowest BCUT2D eigenvalue weighted by Gasteiger charge is -2.23. The van der Waals surface area contributed by atoms with E-state index in [1.54, 1.807) is 0 Å². The van der Waals surface area contributed by atoms with Crippen LogP contribution in [0.5, 0.6) is 0 Å². The molecule has 0 spiro atoms. The van der Waals surface area contributed by atoms with Gasteiger partial charge in [0.05, 0.1) is 0 Å². The van der Waals surface area contributed by atoms with Crippen molar-refractivity contribution in [2.45, 2.75) is 33.6 Å². The zero-order valence-electron chi connectivity index (χ0n) is 9.12. The average Bonchev–Trinajstić information content (AvgIpc) is 2.59. The predicted molar refractivity (Wildman–Crippen MR) is 54.5 cm³/mol. The average molecular weight is 182 g/mol. The lowest BCUT2D eigenvalue weighted by molar-refractivity contribution is 0.154. The molecule has 1 heterocycles. The quantitative estimate of drug-likeness (QED) is 0.638. The highest BCUT2D eigenvalue weighted by atomic mass is 16.5. The molecule has 0 radical (unpaired) electrons. The van der Waals surface area contributed by atoms with Gasteiger partial charge in [0.1, 0.15) is 0 Å². The molecule has 2 fully saturated rings. The molecule has 13 heavy (non-hydrogen) atoms. The van der Waals surface area contributed by atoms with Crippen molar-refractivity contribution in [1.29, 1.82) is 0 Å². The van der Waals surface area contributed by atoms with E-state index < -0.39 is 0 Å². The third-order valence-electron chi connectivity index (χ3n) is 4.34. The van der Waals surface area contributed by atoms with Crippen LogP contribution < -0.4 is 0 Å². The van der Waals surface area contributed by atoms with Gasteiger partial charge in [0.2, 0.25) is 0 Å². The van der Waals surface area contributed by atoms with Gasteiger partial charge >= 0.3 is 0 Å². The first-order chi connectivity index (χ1) is 6.18. The molecule has 1 nitrogen and oxygen atoms in total. The maximum atomic E-state index is 5.50. The number of ether oxygens (including phenoxy) is 1. The molecule has 0 aromatic rings. The van der Waals surface area contributed by atoms with E-state index in [4.69, 9.17) is 4.74 Å². The highest BCUT2D eigenvalue weighted by molar-refractivity contribution is 4.89. The van der Waals surface area contributed by atoms with Crippen molar-refractivity contribution in [3.05, 3.63) is 0 Å². The van der Waals surface area contributed by atoms with Crippen molar-refractivity contribution in [1.82, 2.24) is 0 Å². The third kappa shape index (κ3) is 1.76. The predicted octanol–water partition coefficient (Wildman–Crippen LogP) is 2.95. The fraction of sp³-hybridized carbons (Fsp3) is 1.00. The van der Waals surface area contributed by atoms with Crippen LogP contribution in [0.3, 0.4) is 0 Å². The first kappa shape index (κ1) is 9.51. The van der Waals surface area contributed by atoms with E-state index in [1.807, 2.05) is 0 Å². The zero-order chi connectivity index (χ0) is 9.42. The number of rotatable bonds is 2. The fourth-order valence-electron chi connectivity index (χ4n) is 3.01. The van der Waals surface area contributed by atoms with Crippen LogP contribution in [0, 0.1) is 29.6 Å². The van der Waals surface area contributed by atoms with E-state index in [-0.39, 0.29) is 0 Å². The standard InChI is InChI=1S/C12H22O/c1-8(2)9(3)10-4-11-6-13-7-12(11)5-10/h8-12H,4-7H2,1-3H3. The molecule has 1 saturated heterocycles. The van der Waals surface area contributed by atoms with Crippen LogP contribution in [-0.4, -0.2) is 13.2 Å². The molecule has 1 aliphatic heterocycles. The molecule has 1 heteroatoms. The molecule has 0 N–H and O–H groups in total. The van der Waals surface area contributed by atoms with Gasteiger partial charge in [-0.3, -0.25) is 0 Å². The maximum absolute atomic E-state index is 5.50. The largest absolute Gasteiger partial charge is 0.381 e. The van der Waals surface area contributed by atoms with E-state index in [2.05, 4.69) is 20.8 Å². The van der Waals surface area contributed by atoms with Crippen molar-refractivity contribution in [2.24, 2.45) is 29.6 Å². The fourth-order valence-corrected chi connectivity index (χ4v) is 3.01. The molecule has 1 aliphatic carbocycles. The van der Waals surface area contributed by atoms with E-state index >= 15 is 0 Å². The Morgan fingerprint density at radius 1 is 1.00 bits per heavy atom. The summed E-state index contributed by atoms with van der Waals surface area (Å²) in [5.74, 6) is 4.56. The summed E-state index contributed by atoms with van der Waals surface area (Å²) in [4.78, 5) is 0. The second-order valence-electron chi connectivity index (χ2n) is 5.39. The molecule has 0 bridgehead atoms. The Hall–Kier alpha value is -0.0400. The smallest absolute Gasteiger partial charge is 0.0498 e. The molecule has 0 aromatic heterocycles. The van der Waals surface area contributed by atoms with Gasteiger partial charge in [-0.25, -0.2) is 0 Å². The molecular weight excluding hydrogens is 160 g/mol. The normalized spacial score (nSPS) is 41.1. The molecule has 3 unspecified atom stereocenters. The molecule has 0 aromatic carbocycles. The van der Waals surface area contributed by atoms with Crippen LogP contribution in [0.1, 0.15) is 33.6 Å². The summed E-state index contributed by atoms with van der Waals surface area (Å²) in [5, 5.41) is 0. The van der Waals surface area contributed by atoms with Gasteiger partial charge < -0.3 is 4.74 Å². The van der Waals surface area contributed by atoms with Gasteiger partial charge in [0, 0.05) is 13.2 Å². The topological polar surface area (TPSA) is 9.23 Å². The number of fused-ring (bicyclic) bond motifs is 1. The van der Waals surface area contributed by atoms with E-state index in [0.29, 0.717) is 0 Å². The Morgan fingerprint density at radius 2 is 1.54 bits per heavy atom. The van der Waals surface area contributed by atoms with E-state index in [0.717, 1.165) is 42.8 Å². The molecule has 2 aliphatic rings. The van der Waals surface area contributed by atoms with Gasteiger partial charge in [-0.1, -0.05) is 20.8 Å². The zero-order valence-corrected chi connectivity index (χ0v) is 9.12. The maximum Gasteiger partial charge on any atom is 0.0498 e. The highest BCUT2D eigenvalue weighted by Gasteiger charge is 2.40. The van der Waals surface area contributed by atoms with Crippen LogP contribution >= 0.6 is 0 Å². The summed E-state index contributed by atoms with van der Waals surface area (Å²) in [5.41, 5.74) is 0. The lowest BCUT2D eigenvalue weighted by atomic mass is 9.83. The summed E-state index contributed by atoms with van der Waals surface area (Å²) in [6, 6.07) is 0. The number of hydrogen-bond acceptors (Lipinski definition) is 1. The van der Waals surface area contributed by atoms with Gasteiger partial charge in [0.15, 0.2) is 0 Å². The van der Waals surface area contributed by atoms with E-state index in [1.165, 1.54) is 12.8 Å². The Morgan fingerprint density at radius 3 is 2.00 bits per heavy atom. The van der Waals surface area contributed by atoms with Gasteiger partial charge in [-0.2, -0.15) is 0 Å². The van der Waals surface area contributed by atoms with Crippen LogP contribution in [0.15, 0.2) is 0 Å². The molecule has 76 valence electrons. The minimum Gasteiger partial charge on any atom is -0.381 e. The Kier molecular flexibility index (Phi) is 2.64. The molecular formula is C12H22O. The minimum atomic E-state index is 0.852. The van der Waals surface area contributed by atoms with Gasteiger partial charge in [0.25, 0.3) is 0 Å². The monoisotopic (exact) mass is 182 g/mol. The lowest BCUT2D eigenvalue weighted by Crippen LogP contribution is -2.15. The van der Waals surface area contributed by atoms with Crippen molar-refractivity contribution in [3.8, 4) is 0 Å². The van der Waals surface area contributed by atoms with Gasteiger partial charge in [-0.15, -0.1) is 0 Å². The Labute approximate surface area is 81.9 Å². The van der Waals surface area contributed by atoms with Crippen LogP contribution in [-0.2, 0) is 4.74 Å². The minimum absolute atomic E-state index is 0.852. The van der Waals surface area contributed by atoms with Gasteiger partial charge in [-0.05, 0) is 42.4 Å². The van der Waals surface area contributed by atoms with E-state index in [9.17, 15) is 0 Å². The second kappa shape index (κ2) is 3.61. The van der Waals surface area contributed by atoms with Crippen LogP contribution in [0.25, 0.3) is 0 Å². The third-order valence-corrected chi connectivity index (χ3v) is 4.34. The number of hydrogen-bond donors (Lipinski definition) is 0. The highest BCUT2D eigenvalue weighted by Crippen LogP contribution is 2.44. The summed E-state index contributed by atoms with van der Waals surface area (Å²) < 4.78 is 5.50. The van der Waals surface area contributed by atoms with Crippen molar-refractivity contribution in [3.63, 3.8) is 0 Å². The molecule has 0 amide bonds. The second-order valence-corrected chi connectivity index (χ2v) is 5.39. The summed E-state index contributed by atoms with van der Waals surface area (Å²) in [6.45, 7) is 9.24. The SMILES string of the molecule is CC(C)C(C)C1CC2COCC2C1. The summed E-state index contributed by atoms with van der Waals surface area (Å²) in [6.07, 6.45) is 2.87. The molecule has 3 atom stereocenters. The molecule has 1 saturated carbocycles. The van der Waals surface area contributed by atoms with Crippen LogP contribution in [0.4, 0.5) is 0 Å². The summed E-state index contributed by atoms with van der Waals surface area (Å²) >= 11 is 0. The van der Waals surface area contributed by atoms with Crippen LogP contribution in [0.2, 0.25) is 0 Å². The first-order valence-electron chi connectivity index (χ1n) is 5.76. The van der Waals surface area contributed by atoms with Crippen molar-refractivity contribution >= 4 is 0 Å².